The van der Waals surface area contributed by atoms with E-state index >= 15 is 0 Å². The van der Waals surface area contributed by atoms with Crippen LogP contribution in [0.4, 0.5) is 15.3 Å². The number of ether oxygens (including phenoxy) is 1. The fourth-order valence-electron chi connectivity index (χ4n) is 3.57. The maximum atomic E-state index is 12.5. The van der Waals surface area contributed by atoms with E-state index in [-0.39, 0.29) is 12.1 Å². The van der Waals surface area contributed by atoms with Crippen molar-refractivity contribution in [1.29, 1.82) is 0 Å². The van der Waals surface area contributed by atoms with Crippen molar-refractivity contribution in [2.45, 2.75) is 26.8 Å². The summed E-state index contributed by atoms with van der Waals surface area (Å²) in [7, 11) is 0. The molecule has 0 aliphatic carbocycles. The minimum Gasteiger partial charge on any atom is -0.448 e. The standard InChI is InChI=1S/C18H25N3O3/c1-13-8-14(2)11-21(10-13)17(22)19-16-5-3-4-15(9-16)12-20-6-7-24-18(20)23/h3-5,9,13-14H,6-8,10-12H2,1-2H3,(H,19,22)/t13-,14+. The van der Waals surface area contributed by atoms with Crippen LogP contribution < -0.4 is 5.32 Å². The minimum absolute atomic E-state index is 0.0499. The Morgan fingerprint density at radius 3 is 2.71 bits per heavy atom. The third-order valence-corrected chi connectivity index (χ3v) is 4.55. The number of nitrogens with one attached hydrogen (secondary N) is 1. The van der Waals surface area contributed by atoms with E-state index in [4.69, 9.17) is 4.74 Å². The quantitative estimate of drug-likeness (QED) is 0.925. The van der Waals surface area contributed by atoms with Gasteiger partial charge in [0.25, 0.3) is 0 Å². The summed E-state index contributed by atoms with van der Waals surface area (Å²) in [4.78, 5) is 27.6. The van der Waals surface area contributed by atoms with Crippen molar-refractivity contribution in [3.05, 3.63) is 29.8 Å². The lowest BCUT2D eigenvalue weighted by Gasteiger charge is -2.34. The largest absolute Gasteiger partial charge is 0.448 e. The number of nitrogens with zero attached hydrogens (tertiary/aromatic N) is 2. The van der Waals surface area contributed by atoms with Crippen LogP contribution in [0.25, 0.3) is 0 Å². The van der Waals surface area contributed by atoms with Crippen LogP contribution in [0.3, 0.4) is 0 Å². The van der Waals surface area contributed by atoms with E-state index in [2.05, 4.69) is 19.2 Å². The summed E-state index contributed by atoms with van der Waals surface area (Å²) in [6, 6.07) is 7.59. The van der Waals surface area contributed by atoms with Gasteiger partial charge in [0.2, 0.25) is 0 Å². The van der Waals surface area contributed by atoms with Crippen LogP contribution in [0.2, 0.25) is 0 Å². The molecule has 0 radical (unpaired) electrons. The van der Waals surface area contributed by atoms with Gasteiger partial charge in [-0.05, 0) is 36.0 Å². The first kappa shape index (κ1) is 16.6. The Balaban J connectivity index is 1.61. The molecule has 1 aromatic rings. The molecule has 3 rings (SSSR count). The molecular weight excluding hydrogens is 306 g/mol. The van der Waals surface area contributed by atoms with Crippen LogP contribution in [0.1, 0.15) is 25.8 Å². The Morgan fingerprint density at radius 2 is 2.04 bits per heavy atom. The molecule has 0 bridgehead atoms. The second-order valence-corrected chi connectivity index (χ2v) is 7.02. The SMILES string of the molecule is C[C@@H]1C[C@H](C)CN(C(=O)Nc2cccc(CN3CCOC3=O)c2)C1. The number of carbonyl (C=O) groups excluding carboxylic acids is 2. The molecule has 0 saturated carbocycles. The average molecular weight is 331 g/mol. The van der Waals surface area contributed by atoms with Crippen LogP contribution in [0.5, 0.6) is 0 Å². The summed E-state index contributed by atoms with van der Waals surface area (Å²) >= 11 is 0. The van der Waals surface area contributed by atoms with Gasteiger partial charge in [-0.15, -0.1) is 0 Å². The molecular formula is C18H25N3O3. The van der Waals surface area contributed by atoms with E-state index in [1.807, 2.05) is 29.2 Å². The molecule has 0 aromatic heterocycles. The third kappa shape index (κ3) is 3.99. The molecule has 2 atom stereocenters. The zero-order valence-electron chi connectivity index (χ0n) is 14.3. The first-order valence-electron chi connectivity index (χ1n) is 8.58. The number of rotatable bonds is 3. The van der Waals surface area contributed by atoms with E-state index in [9.17, 15) is 9.59 Å². The lowest BCUT2D eigenvalue weighted by molar-refractivity contribution is 0.156. The molecule has 2 fully saturated rings. The number of hydrogen-bond donors (Lipinski definition) is 1. The van der Waals surface area contributed by atoms with Crippen LogP contribution in [0.15, 0.2) is 24.3 Å². The predicted octanol–water partition coefficient (Wildman–Crippen LogP) is 3.15. The van der Waals surface area contributed by atoms with Gasteiger partial charge in [-0.1, -0.05) is 26.0 Å². The Kier molecular flexibility index (Phi) is 4.92. The second kappa shape index (κ2) is 7.11. The fourth-order valence-corrected chi connectivity index (χ4v) is 3.57. The fraction of sp³-hybridized carbons (Fsp3) is 0.556. The minimum atomic E-state index is -0.277. The van der Waals surface area contributed by atoms with Crippen molar-refractivity contribution in [3.8, 4) is 0 Å². The lowest BCUT2D eigenvalue weighted by atomic mass is 9.92. The molecule has 1 aromatic carbocycles. The molecule has 6 nitrogen and oxygen atoms in total. The van der Waals surface area contributed by atoms with Crippen LogP contribution >= 0.6 is 0 Å². The molecule has 6 heteroatoms. The summed E-state index contributed by atoms with van der Waals surface area (Å²) in [6.07, 6.45) is 0.895. The van der Waals surface area contributed by atoms with Gasteiger partial charge in [0.15, 0.2) is 0 Å². The summed E-state index contributed by atoms with van der Waals surface area (Å²) in [5.74, 6) is 1.07. The van der Waals surface area contributed by atoms with Crippen molar-refractivity contribution in [1.82, 2.24) is 9.80 Å². The number of hydrogen-bond acceptors (Lipinski definition) is 3. The molecule has 3 amide bonds. The highest BCUT2D eigenvalue weighted by Crippen LogP contribution is 2.22. The number of anilines is 1. The van der Waals surface area contributed by atoms with Gasteiger partial charge in [-0.2, -0.15) is 0 Å². The van der Waals surface area contributed by atoms with Gasteiger partial charge in [-0.25, -0.2) is 9.59 Å². The summed E-state index contributed by atoms with van der Waals surface area (Å²) in [5.41, 5.74) is 1.74. The van der Waals surface area contributed by atoms with E-state index in [1.54, 1.807) is 4.90 Å². The van der Waals surface area contributed by atoms with E-state index in [1.165, 1.54) is 6.42 Å². The zero-order chi connectivity index (χ0) is 17.1. The summed E-state index contributed by atoms with van der Waals surface area (Å²) < 4.78 is 4.94. The first-order chi connectivity index (χ1) is 11.5. The van der Waals surface area contributed by atoms with E-state index < -0.39 is 0 Å². The first-order valence-corrected chi connectivity index (χ1v) is 8.58. The topological polar surface area (TPSA) is 61.9 Å². The van der Waals surface area contributed by atoms with Gasteiger partial charge in [0.1, 0.15) is 6.61 Å². The van der Waals surface area contributed by atoms with Crippen molar-refractivity contribution < 1.29 is 14.3 Å². The number of cyclic esters (lactones) is 1. The Morgan fingerprint density at radius 1 is 1.29 bits per heavy atom. The average Bonchev–Trinajstić information content (AvgIpc) is 2.92. The highest BCUT2D eigenvalue weighted by Gasteiger charge is 2.25. The van der Waals surface area contributed by atoms with Crippen molar-refractivity contribution in [2.75, 3.05) is 31.6 Å². The Labute approximate surface area is 142 Å². The summed E-state index contributed by atoms with van der Waals surface area (Å²) in [5, 5.41) is 2.98. The van der Waals surface area contributed by atoms with Gasteiger partial charge in [0.05, 0.1) is 6.54 Å². The number of carbonyl (C=O) groups is 2. The zero-order valence-corrected chi connectivity index (χ0v) is 14.3. The van der Waals surface area contributed by atoms with Crippen LogP contribution in [-0.2, 0) is 11.3 Å². The smallest absolute Gasteiger partial charge is 0.410 e. The van der Waals surface area contributed by atoms with Crippen molar-refractivity contribution in [3.63, 3.8) is 0 Å². The molecule has 2 aliphatic rings. The maximum Gasteiger partial charge on any atom is 0.410 e. The predicted molar refractivity (Wildman–Crippen MR) is 91.7 cm³/mol. The summed E-state index contributed by atoms with van der Waals surface area (Å²) in [6.45, 7) is 7.53. The molecule has 2 saturated heterocycles. The van der Waals surface area contributed by atoms with Crippen LogP contribution in [0, 0.1) is 11.8 Å². The van der Waals surface area contributed by atoms with Crippen molar-refractivity contribution in [2.24, 2.45) is 11.8 Å². The van der Waals surface area contributed by atoms with E-state index in [0.717, 1.165) is 24.3 Å². The van der Waals surface area contributed by atoms with Gasteiger partial charge >= 0.3 is 12.1 Å². The van der Waals surface area contributed by atoms with Crippen molar-refractivity contribution >= 4 is 17.8 Å². The van der Waals surface area contributed by atoms with Gasteiger partial charge in [0, 0.05) is 25.3 Å². The monoisotopic (exact) mass is 331 g/mol. The lowest BCUT2D eigenvalue weighted by Crippen LogP contribution is -2.44. The number of benzene rings is 1. The number of piperidine rings is 1. The number of amides is 3. The van der Waals surface area contributed by atoms with E-state index in [0.29, 0.717) is 31.5 Å². The third-order valence-electron chi connectivity index (χ3n) is 4.55. The highest BCUT2D eigenvalue weighted by atomic mass is 16.6. The molecule has 1 N–H and O–H groups in total. The number of likely N-dealkylation sites (tertiary alicyclic amines) is 1. The van der Waals surface area contributed by atoms with Gasteiger partial charge in [-0.3, -0.25) is 0 Å². The molecule has 130 valence electrons. The highest BCUT2D eigenvalue weighted by molar-refractivity contribution is 5.89. The Bertz CT molecular complexity index is 609. The molecule has 0 unspecified atom stereocenters. The second-order valence-electron chi connectivity index (χ2n) is 7.02. The number of urea groups is 1. The Hall–Kier alpha value is -2.24. The normalized spacial score (nSPS) is 24.0. The molecule has 24 heavy (non-hydrogen) atoms. The molecule has 2 heterocycles. The van der Waals surface area contributed by atoms with Crippen LogP contribution in [-0.4, -0.2) is 48.2 Å². The molecule has 0 spiro atoms. The molecule has 2 aliphatic heterocycles. The van der Waals surface area contributed by atoms with Gasteiger partial charge < -0.3 is 19.9 Å². The maximum absolute atomic E-state index is 12.5.